The van der Waals surface area contributed by atoms with E-state index in [1.54, 1.807) is 12.1 Å². The van der Waals surface area contributed by atoms with Gasteiger partial charge in [-0.1, -0.05) is 52.5 Å². The Morgan fingerprint density at radius 2 is 1.63 bits per heavy atom. The van der Waals surface area contributed by atoms with E-state index >= 15 is 0 Å². The Labute approximate surface area is 172 Å². The highest BCUT2D eigenvalue weighted by atomic mass is 35.5. The van der Waals surface area contributed by atoms with Gasteiger partial charge >= 0.3 is 0 Å². The molecule has 0 saturated heterocycles. The topological polar surface area (TPSA) is 87.6 Å². The molecular weight excluding hydrogens is 433 g/mol. The van der Waals surface area contributed by atoms with Crippen molar-refractivity contribution in [2.24, 2.45) is 5.10 Å². The Bertz CT molecular complexity index is 990. The number of sulfonamides is 1. The fraction of sp³-hybridized carbons (Fsp3) is 0.176. The van der Waals surface area contributed by atoms with E-state index in [1.807, 2.05) is 6.92 Å². The second-order valence-corrected chi connectivity index (χ2v) is 8.61. The molecule has 10 heteroatoms. The molecule has 2 N–H and O–H groups in total. The number of anilines is 1. The molecule has 27 heavy (non-hydrogen) atoms. The van der Waals surface area contributed by atoms with E-state index in [2.05, 4.69) is 15.2 Å². The fourth-order valence-electron chi connectivity index (χ4n) is 1.99. The van der Waals surface area contributed by atoms with Gasteiger partial charge in [0.2, 0.25) is 5.91 Å². The van der Waals surface area contributed by atoms with Crippen LogP contribution in [0.1, 0.15) is 18.9 Å². The van der Waals surface area contributed by atoms with E-state index in [0.717, 1.165) is 5.56 Å². The minimum Gasteiger partial charge on any atom is -0.324 e. The molecular formula is C17H16Cl3N3O3S. The van der Waals surface area contributed by atoms with Crippen molar-refractivity contribution in [2.45, 2.75) is 25.2 Å². The van der Waals surface area contributed by atoms with E-state index in [0.29, 0.717) is 5.69 Å². The lowest BCUT2D eigenvalue weighted by molar-refractivity contribution is -0.115. The van der Waals surface area contributed by atoms with Crippen molar-refractivity contribution < 1.29 is 13.2 Å². The zero-order chi connectivity index (χ0) is 20.2. The lowest BCUT2D eigenvalue weighted by Gasteiger charge is -2.09. The van der Waals surface area contributed by atoms with Gasteiger partial charge in [-0.25, -0.2) is 4.83 Å². The summed E-state index contributed by atoms with van der Waals surface area (Å²) in [5.41, 5.74) is 1.50. The molecule has 0 atom stereocenters. The Morgan fingerprint density at radius 1 is 1.04 bits per heavy atom. The number of rotatable bonds is 6. The van der Waals surface area contributed by atoms with Crippen molar-refractivity contribution in [3.63, 3.8) is 0 Å². The first kappa shape index (κ1) is 21.5. The predicted octanol–water partition coefficient (Wildman–Crippen LogP) is 4.64. The number of aryl methyl sites for hydroxylation is 1. The lowest BCUT2D eigenvalue weighted by Crippen LogP contribution is -2.22. The molecule has 0 aliphatic carbocycles. The molecule has 0 aromatic heterocycles. The van der Waals surface area contributed by atoms with Crippen LogP contribution in [0.5, 0.6) is 0 Å². The van der Waals surface area contributed by atoms with Crippen molar-refractivity contribution in [3.8, 4) is 0 Å². The Kier molecular flexibility index (Phi) is 7.11. The minimum absolute atomic E-state index is 0.0803. The quantitative estimate of drug-likeness (QED) is 0.383. The maximum Gasteiger partial charge on any atom is 0.276 e. The number of carbonyl (C=O) groups is 1. The number of hydrogen-bond acceptors (Lipinski definition) is 4. The van der Waals surface area contributed by atoms with Crippen LogP contribution >= 0.6 is 34.8 Å². The highest BCUT2D eigenvalue weighted by Crippen LogP contribution is 2.32. The van der Waals surface area contributed by atoms with Gasteiger partial charge in [0.25, 0.3) is 10.0 Å². The molecule has 2 aromatic carbocycles. The second-order valence-electron chi connectivity index (χ2n) is 5.73. The van der Waals surface area contributed by atoms with Gasteiger partial charge in [0.1, 0.15) is 0 Å². The largest absolute Gasteiger partial charge is 0.324 e. The molecule has 2 aromatic rings. The zero-order valence-corrected chi connectivity index (χ0v) is 17.5. The van der Waals surface area contributed by atoms with Crippen LogP contribution in [0, 0.1) is 6.92 Å². The average molecular weight is 449 g/mol. The Hall–Kier alpha value is -1.80. The summed E-state index contributed by atoms with van der Waals surface area (Å²) in [7, 11) is -3.81. The molecule has 0 heterocycles. The smallest absolute Gasteiger partial charge is 0.276 e. The lowest BCUT2D eigenvalue weighted by atomic mass is 10.2. The molecule has 2 rings (SSSR count). The molecule has 0 spiro atoms. The molecule has 144 valence electrons. The van der Waals surface area contributed by atoms with Crippen LogP contribution in [0.4, 0.5) is 5.69 Å². The zero-order valence-electron chi connectivity index (χ0n) is 14.4. The minimum atomic E-state index is -3.81. The summed E-state index contributed by atoms with van der Waals surface area (Å²) in [6.07, 6.45) is -0.146. The van der Waals surface area contributed by atoms with E-state index in [9.17, 15) is 13.2 Å². The summed E-state index contributed by atoms with van der Waals surface area (Å²) in [6, 6.07) is 9.15. The molecule has 0 fully saturated rings. The van der Waals surface area contributed by atoms with Gasteiger partial charge in [0, 0.05) is 5.71 Å². The van der Waals surface area contributed by atoms with Gasteiger partial charge in [-0.2, -0.15) is 13.5 Å². The summed E-state index contributed by atoms with van der Waals surface area (Å²) in [5.74, 6) is -0.439. The van der Waals surface area contributed by atoms with Crippen LogP contribution in [0.15, 0.2) is 46.4 Å². The maximum absolute atomic E-state index is 12.2. The van der Waals surface area contributed by atoms with Crippen LogP contribution in [0.2, 0.25) is 15.1 Å². The predicted molar refractivity (Wildman–Crippen MR) is 109 cm³/mol. The highest BCUT2D eigenvalue weighted by Gasteiger charge is 2.14. The van der Waals surface area contributed by atoms with Gasteiger partial charge in [-0.15, -0.1) is 0 Å². The molecule has 0 saturated carbocycles. The molecule has 6 nitrogen and oxygen atoms in total. The van der Waals surface area contributed by atoms with E-state index in [1.165, 1.54) is 31.2 Å². The fourth-order valence-corrected chi connectivity index (χ4v) is 3.46. The van der Waals surface area contributed by atoms with Gasteiger partial charge in [0.15, 0.2) is 0 Å². The third-order valence-electron chi connectivity index (χ3n) is 3.39. The monoisotopic (exact) mass is 447 g/mol. The molecule has 0 radical (unpaired) electrons. The van der Waals surface area contributed by atoms with Gasteiger partial charge in [-0.05, 0) is 38.1 Å². The van der Waals surface area contributed by atoms with Crippen molar-refractivity contribution >= 4 is 62.1 Å². The number of halogens is 3. The highest BCUT2D eigenvalue weighted by molar-refractivity contribution is 7.89. The van der Waals surface area contributed by atoms with Crippen molar-refractivity contribution in [1.29, 1.82) is 0 Å². The van der Waals surface area contributed by atoms with Crippen LogP contribution in [0.3, 0.4) is 0 Å². The number of carbonyl (C=O) groups excluding carboxylic acids is 1. The second kappa shape index (κ2) is 8.93. The van der Waals surface area contributed by atoms with Gasteiger partial charge in [0.05, 0.1) is 32.1 Å². The number of nitrogens with zero attached hydrogens (tertiary/aromatic N) is 1. The Morgan fingerprint density at radius 3 is 2.26 bits per heavy atom. The molecule has 1 amide bonds. The normalized spacial score (nSPS) is 12.0. The summed E-state index contributed by atoms with van der Waals surface area (Å²) in [4.78, 5) is 14.3. The first-order chi connectivity index (χ1) is 12.6. The van der Waals surface area contributed by atoms with Crippen molar-refractivity contribution in [1.82, 2.24) is 4.83 Å². The first-order valence-electron chi connectivity index (χ1n) is 7.64. The third kappa shape index (κ3) is 6.10. The number of hydrogen-bond donors (Lipinski definition) is 2. The van der Waals surface area contributed by atoms with E-state index in [4.69, 9.17) is 34.8 Å². The van der Waals surface area contributed by atoms with Crippen LogP contribution in [-0.4, -0.2) is 20.0 Å². The summed E-state index contributed by atoms with van der Waals surface area (Å²) >= 11 is 17.7. The summed E-state index contributed by atoms with van der Waals surface area (Å²) < 4.78 is 24.4. The molecule has 0 unspecified atom stereocenters. The van der Waals surface area contributed by atoms with Gasteiger partial charge < -0.3 is 5.32 Å². The SMILES string of the molecule is CC(CC(=O)Nc1cc(Cl)c(Cl)cc1Cl)=NNS(=O)(=O)c1ccc(C)cc1. The molecule has 0 aliphatic heterocycles. The summed E-state index contributed by atoms with van der Waals surface area (Å²) in [5, 5.41) is 7.08. The number of hydrazone groups is 1. The van der Waals surface area contributed by atoms with E-state index in [-0.39, 0.29) is 32.1 Å². The summed E-state index contributed by atoms with van der Waals surface area (Å²) in [6.45, 7) is 3.37. The van der Waals surface area contributed by atoms with Crippen LogP contribution in [0.25, 0.3) is 0 Å². The van der Waals surface area contributed by atoms with Gasteiger partial charge in [-0.3, -0.25) is 4.79 Å². The standard InChI is InChI=1S/C17H16Cl3N3O3S/c1-10-3-5-12(6-4-10)27(25,26)23-22-11(2)7-17(24)21-16-9-14(19)13(18)8-15(16)20/h3-6,8-9,23H,7H2,1-2H3,(H,21,24). The average Bonchev–Trinajstić information content (AvgIpc) is 2.58. The van der Waals surface area contributed by atoms with Crippen LogP contribution < -0.4 is 10.1 Å². The maximum atomic E-state index is 12.2. The molecule has 0 bridgehead atoms. The van der Waals surface area contributed by atoms with Crippen molar-refractivity contribution in [3.05, 3.63) is 57.0 Å². The number of amides is 1. The van der Waals surface area contributed by atoms with Crippen LogP contribution in [-0.2, 0) is 14.8 Å². The number of nitrogens with one attached hydrogen (secondary N) is 2. The first-order valence-corrected chi connectivity index (χ1v) is 10.3. The Balaban J connectivity index is 2.01. The third-order valence-corrected chi connectivity index (χ3v) is 5.65. The van der Waals surface area contributed by atoms with E-state index < -0.39 is 15.9 Å². The number of benzene rings is 2. The molecule has 0 aliphatic rings. The van der Waals surface area contributed by atoms with Crippen molar-refractivity contribution in [2.75, 3.05) is 5.32 Å².